The Morgan fingerprint density at radius 1 is 1.14 bits per heavy atom. The zero-order chi connectivity index (χ0) is 15.2. The summed E-state index contributed by atoms with van der Waals surface area (Å²) in [6, 6.07) is 15.2. The van der Waals surface area contributed by atoms with E-state index >= 15 is 0 Å². The number of benzene rings is 2. The number of nitrogens with zero attached hydrogens (tertiary/aromatic N) is 1. The number of carbonyl (C=O) groups is 1. The third kappa shape index (κ3) is 3.50. The van der Waals surface area contributed by atoms with Gasteiger partial charge in [0.05, 0.1) is 12.1 Å². The van der Waals surface area contributed by atoms with Crippen molar-refractivity contribution in [2.45, 2.75) is 6.92 Å². The second-order valence-corrected chi connectivity index (χ2v) is 4.75. The highest BCUT2D eigenvalue weighted by molar-refractivity contribution is 6.07. The molecule has 0 spiro atoms. The maximum atomic E-state index is 12.6. The fourth-order valence-corrected chi connectivity index (χ4v) is 1.99. The van der Waals surface area contributed by atoms with Crippen molar-refractivity contribution in [1.29, 1.82) is 0 Å². The molecular formula is C18H18N2O. The number of anilines is 1. The van der Waals surface area contributed by atoms with E-state index in [1.54, 1.807) is 18.0 Å². The lowest BCUT2D eigenvalue weighted by Gasteiger charge is -2.18. The average Bonchev–Trinajstić information content (AvgIpc) is 2.52. The lowest BCUT2D eigenvalue weighted by Crippen LogP contribution is -2.26. The zero-order valence-electron chi connectivity index (χ0n) is 12.3. The molecule has 0 bridgehead atoms. The number of amides is 1. The van der Waals surface area contributed by atoms with Gasteiger partial charge in [-0.3, -0.25) is 4.79 Å². The average molecular weight is 278 g/mol. The minimum atomic E-state index is -0.0826. The van der Waals surface area contributed by atoms with E-state index < -0.39 is 0 Å². The standard InChI is InChI=1S/C18H18N2O/c1-14-9-11-16(12-10-14)20(2)18(21)17-8-4-3-6-15(17)7-5-13-19/h3-4,6,8-12H,13,19H2,1-2H3. The molecule has 0 atom stereocenters. The van der Waals surface area contributed by atoms with Gasteiger partial charge in [0.2, 0.25) is 0 Å². The minimum Gasteiger partial charge on any atom is -0.320 e. The highest BCUT2D eigenvalue weighted by Crippen LogP contribution is 2.18. The largest absolute Gasteiger partial charge is 0.320 e. The Kier molecular flexibility index (Phi) is 4.76. The van der Waals surface area contributed by atoms with Gasteiger partial charge in [-0.15, -0.1) is 0 Å². The predicted octanol–water partition coefficient (Wildman–Crippen LogP) is 2.58. The first-order valence-corrected chi connectivity index (χ1v) is 6.76. The molecular weight excluding hydrogens is 260 g/mol. The molecule has 0 saturated heterocycles. The molecule has 0 radical (unpaired) electrons. The van der Waals surface area contributed by atoms with Crippen molar-refractivity contribution in [2.75, 3.05) is 18.5 Å². The second kappa shape index (κ2) is 6.74. The fourth-order valence-electron chi connectivity index (χ4n) is 1.99. The molecule has 0 aliphatic rings. The van der Waals surface area contributed by atoms with Crippen LogP contribution in [0.3, 0.4) is 0 Å². The van der Waals surface area contributed by atoms with Gasteiger partial charge in [-0.25, -0.2) is 0 Å². The molecule has 0 aliphatic carbocycles. The molecule has 3 heteroatoms. The van der Waals surface area contributed by atoms with Crippen molar-refractivity contribution in [3.05, 3.63) is 65.2 Å². The van der Waals surface area contributed by atoms with Gasteiger partial charge in [-0.05, 0) is 31.2 Å². The zero-order valence-corrected chi connectivity index (χ0v) is 12.3. The topological polar surface area (TPSA) is 46.3 Å². The van der Waals surface area contributed by atoms with Crippen LogP contribution in [0.15, 0.2) is 48.5 Å². The molecule has 0 unspecified atom stereocenters. The maximum absolute atomic E-state index is 12.6. The summed E-state index contributed by atoms with van der Waals surface area (Å²) in [5.41, 5.74) is 8.70. The number of hydrogen-bond donors (Lipinski definition) is 1. The summed E-state index contributed by atoms with van der Waals surface area (Å²) in [7, 11) is 1.76. The van der Waals surface area contributed by atoms with Crippen molar-refractivity contribution in [1.82, 2.24) is 0 Å². The van der Waals surface area contributed by atoms with E-state index in [1.165, 1.54) is 0 Å². The monoisotopic (exact) mass is 278 g/mol. The molecule has 2 N–H and O–H groups in total. The molecule has 0 heterocycles. The Labute approximate surface area is 125 Å². The number of carbonyl (C=O) groups excluding carboxylic acids is 1. The molecule has 0 fully saturated rings. The van der Waals surface area contributed by atoms with Crippen LogP contribution in [0.2, 0.25) is 0 Å². The summed E-state index contributed by atoms with van der Waals surface area (Å²) in [6.07, 6.45) is 0. The Morgan fingerprint density at radius 2 is 1.81 bits per heavy atom. The van der Waals surface area contributed by atoms with Crippen LogP contribution in [0.4, 0.5) is 5.69 Å². The van der Waals surface area contributed by atoms with E-state index in [0.29, 0.717) is 11.1 Å². The molecule has 2 aromatic rings. The van der Waals surface area contributed by atoms with Crippen LogP contribution < -0.4 is 10.6 Å². The van der Waals surface area contributed by atoms with Gasteiger partial charge in [0.1, 0.15) is 0 Å². The van der Waals surface area contributed by atoms with E-state index in [4.69, 9.17) is 5.73 Å². The summed E-state index contributed by atoms with van der Waals surface area (Å²) in [4.78, 5) is 14.3. The van der Waals surface area contributed by atoms with Crippen molar-refractivity contribution < 1.29 is 4.79 Å². The molecule has 2 rings (SSSR count). The minimum absolute atomic E-state index is 0.0826. The normalized spacial score (nSPS) is 9.67. The van der Waals surface area contributed by atoms with Crippen LogP contribution in [0.25, 0.3) is 0 Å². The Balaban J connectivity index is 2.33. The SMILES string of the molecule is Cc1ccc(N(C)C(=O)c2ccccc2C#CCN)cc1. The van der Waals surface area contributed by atoms with Crippen LogP contribution in [-0.2, 0) is 0 Å². The van der Waals surface area contributed by atoms with Gasteiger partial charge in [0, 0.05) is 18.3 Å². The van der Waals surface area contributed by atoms with Gasteiger partial charge in [-0.1, -0.05) is 41.7 Å². The van der Waals surface area contributed by atoms with Crippen LogP contribution in [0.1, 0.15) is 21.5 Å². The van der Waals surface area contributed by atoms with Gasteiger partial charge >= 0.3 is 0 Å². The van der Waals surface area contributed by atoms with Crippen LogP contribution >= 0.6 is 0 Å². The molecule has 0 aromatic heterocycles. The summed E-state index contributed by atoms with van der Waals surface area (Å²) < 4.78 is 0. The third-order valence-corrected chi connectivity index (χ3v) is 3.21. The maximum Gasteiger partial charge on any atom is 0.259 e. The number of rotatable bonds is 2. The molecule has 0 aliphatic heterocycles. The summed E-state index contributed by atoms with van der Waals surface area (Å²) in [6.45, 7) is 2.29. The molecule has 3 nitrogen and oxygen atoms in total. The van der Waals surface area contributed by atoms with Gasteiger partial charge in [0.15, 0.2) is 0 Å². The summed E-state index contributed by atoms with van der Waals surface area (Å²) in [5.74, 6) is 5.66. The van der Waals surface area contributed by atoms with E-state index in [9.17, 15) is 4.79 Å². The fraction of sp³-hybridized carbons (Fsp3) is 0.167. The number of nitrogens with two attached hydrogens (primary N) is 1. The second-order valence-electron chi connectivity index (χ2n) is 4.75. The van der Waals surface area contributed by atoms with Crippen molar-refractivity contribution in [3.63, 3.8) is 0 Å². The van der Waals surface area contributed by atoms with Crippen LogP contribution in [0.5, 0.6) is 0 Å². The molecule has 0 saturated carbocycles. The van der Waals surface area contributed by atoms with Crippen molar-refractivity contribution >= 4 is 11.6 Å². The number of hydrogen-bond acceptors (Lipinski definition) is 2. The first-order valence-electron chi connectivity index (χ1n) is 6.76. The Bertz CT molecular complexity index is 693. The van der Waals surface area contributed by atoms with E-state index in [2.05, 4.69) is 11.8 Å². The lowest BCUT2D eigenvalue weighted by atomic mass is 10.1. The van der Waals surface area contributed by atoms with Gasteiger partial charge in [-0.2, -0.15) is 0 Å². The third-order valence-electron chi connectivity index (χ3n) is 3.21. The molecule has 2 aromatic carbocycles. The van der Waals surface area contributed by atoms with Gasteiger partial charge < -0.3 is 10.6 Å². The lowest BCUT2D eigenvalue weighted by molar-refractivity contribution is 0.0993. The summed E-state index contributed by atoms with van der Waals surface area (Å²) >= 11 is 0. The van der Waals surface area contributed by atoms with Crippen LogP contribution in [0, 0.1) is 18.8 Å². The first kappa shape index (κ1) is 14.8. The van der Waals surface area contributed by atoms with E-state index in [1.807, 2.05) is 49.4 Å². The highest BCUT2D eigenvalue weighted by atomic mass is 16.2. The summed E-state index contributed by atoms with van der Waals surface area (Å²) in [5, 5.41) is 0. The quantitative estimate of drug-likeness (QED) is 0.858. The van der Waals surface area contributed by atoms with E-state index in [-0.39, 0.29) is 12.5 Å². The number of aryl methyl sites for hydroxylation is 1. The van der Waals surface area contributed by atoms with Crippen molar-refractivity contribution in [3.8, 4) is 11.8 Å². The smallest absolute Gasteiger partial charge is 0.259 e. The molecule has 106 valence electrons. The van der Waals surface area contributed by atoms with Crippen molar-refractivity contribution in [2.24, 2.45) is 5.73 Å². The highest BCUT2D eigenvalue weighted by Gasteiger charge is 2.15. The van der Waals surface area contributed by atoms with Crippen LogP contribution in [-0.4, -0.2) is 19.5 Å². The first-order chi connectivity index (χ1) is 10.1. The Morgan fingerprint density at radius 3 is 2.48 bits per heavy atom. The predicted molar refractivity (Wildman–Crippen MR) is 86.3 cm³/mol. The van der Waals surface area contributed by atoms with E-state index in [0.717, 1.165) is 11.3 Å². The van der Waals surface area contributed by atoms with Gasteiger partial charge in [0.25, 0.3) is 5.91 Å². The molecule has 21 heavy (non-hydrogen) atoms. The molecule has 1 amide bonds. The Hall–Kier alpha value is -2.57.